The molecule has 2 rings (SSSR count). The van der Waals surface area contributed by atoms with E-state index < -0.39 is 27.0 Å². The number of carboxylic acids is 1. The zero-order valence-electron chi connectivity index (χ0n) is 15.0. The summed E-state index contributed by atoms with van der Waals surface area (Å²) in [6, 6.07) is 5.80. The monoisotopic (exact) mass is 380 g/mol. The van der Waals surface area contributed by atoms with E-state index in [1.807, 2.05) is 0 Å². The smallest absolute Gasteiger partial charge is 0.322 e. The van der Waals surface area contributed by atoms with Crippen molar-refractivity contribution in [3.63, 3.8) is 0 Å². The van der Waals surface area contributed by atoms with Crippen LogP contribution in [0.2, 0.25) is 0 Å². The molecule has 1 aromatic rings. The molecule has 2 unspecified atom stereocenters. The number of sulfone groups is 1. The van der Waals surface area contributed by atoms with E-state index in [1.54, 1.807) is 13.8 Å². The molecule has 0 aromatic heterocycles. The third-order valence-corrected chi connectivity index (χ3v) is 6.93. The van der Waals surface area contributed by atoms with Crippen LogP contribution in [0.3, 0.4) is 0 Å². The van der Waals surface area contributed by atoms with Crippen molar-refractivity contribution in [2.24, 2.45) is 11.8 Å². The minimum Gasteiger partial charge on any atom is -0.481 e. The topological polar surface area (TPSA) is 89.9 Å². The Labute approximate surface area is 154 Å². The van der Waals surface area contributed by atoms with Gasteiger partial charge >= 0.3 is 5.97 Å². The Morgan fingerprint density at radius 3 is 2.46 bits per heavy atom. The van der Waals surface area contributed by atoms with Gasteiger partial charge in [0.1, 0.15) is 12.4 Å². The molecule has 7 heteroatoms. The van der Waals surface area contributed by atoms with Crippen LogP contribution in [-0.4, -0.2) is 44.6 Å². The molecule has 1 heterocycles. The maximum absolute atomic E-state index is 13.0. The summed E-state index contributed by atoms with van der Waals surface area (Å²) in [5.41, 5.74) is 0. The van der Waals surface area contributed by atoms with E-state index in [-0.39, 0.29) is 17.4 Å². The molecular formula is C19H24O6S. The predicted octanol–water partition coefficient (Wildman–Crippen LogP) is 2.38. The first kappa shape index (κ1) is 20.3. The summed E-state index contributed by atoms with van der Waals surface area (Å²) < 4.78 is 36.6. The van der Waals surface area contributed by atoms with Crippen molar-refractivity contribution >= 4 is 15.8 Å². The molecule has 1 aliphatic heterocycles. The molecule has 0 amide bonds. The van der Waals surface area contributed by atoms with Crippen LogP contribution in [0.4, 0.5) is 0 Å². The van der Waals surface area contributed by atoms with Crippen LogP contribution in [0.1, 0.15) is 26.7 Å². The molecule has 142 valence electrons. The number of hydrogen-bond donors (Lipinski definition) is 1. The Morgan fingerprint density at radius 1 is 1.31 bits per heavy atom. The Kier molecular flexibility index (Phi) is 7.06. The summed E-state index contributed by atoms with van der Waals surface area (Å²) in [7, 11) is -4.01. The number of hydrogen-bond acceptors (Lipinski definition) is 5. The van der Waals surface area contributed by atoms with Crippen molar-refractivity contribution in [2.45, 2.75) is 36.8 Å². The van der Waals surface area contributed by atoms with Gasteiger partial charge in [0.05, 0.1) is 4.90 Å². The van der Waals surface area contributed by atoms with Crippen LogP contribution in [-0.2, 0) is 19.4 Å². The van der Waals surface area contributed by atoms with Crippen LogP contribution in [0, 0.1) is 23.7 Å². The fourth-order valence-electron chi connectivity index (χ4n) is 3.19. The molecule has 1 aliphatic rings. The lowest BCUT2D eigenvalue weighted by Crippen LogP contribution is -2.41. The summed E-state index contributed by atoms with van der Waals surface area (Å²) in [6.45, 7) is 4.68. The van der Waals surface area contributed by atoms with Gasteiger partial charge in [0.25, 0.3) is 0 Å². The van der Waals surface area contributed by atoms with Crippen molar-refractivity contribution in [1.29, 1.82) is 0 Å². The Morgan fingerprint density at radius 2 is 1.92 bits per heavy atom. The number of aliphatic carboxylic acids is 1. The molecule has 0 bridgehead atoms. The number of rotatable bonds is 7. The molecule has 2 atom stereocenters. The molecule has 0 spiro atoms. The molecule has 1 aromatic carbocycles. The van der Waals surface area contributed by atoms with Gasteiger partial charge in [-0.1, -0.05) is 12.8 Å². The highest BCUT2D eigenvalue weighted by molar-refractivity contribution is 7.92. The molecule has 1 N–H and O–H groups in total. The van der Waals surface area contributed by atoms with Crippen molar-refractivity contribution in [2.75, 3.05) is 19.8 Å². The summed E-state index contributed by atoms with van der Waals surface area (Å²) >= 11 is 0. The highest BCUT2D eigenvalue weighted by atomic mass is 32.2. The van der Waals surface area contributed by atoms with Gasteiger partial charge in [0.2, 0.25) is 0 Å². The molecule has 1 fully saturated rings. The van der Waals surface area contributed by atoms with E-state index in [0.29, 0.717) is 31.8 Å². The summed E-state index contributed by atoms with van der Waals surface area (Å²) in [5, 5.41) is 8.14. The molecular weight excluding hydrogens is 356 g/mol. The van der Waals surface area contributed by atoms with Gasteiger partial charge in [-0.25, -0.2) is 8.42 Å². The van der Waals surface area contributed by atoms with Crippen LogP contribution in [0.25, 0.3) is 0 Å². The first-order valence-electron chi connectivity index (χ1n) is 8.55. The first-order valence-corrected chi connectivity index (χ1v) is 10.1. The second-order valence-electron chi connectivity index (χ2n) is 6.30. The van der Waals surface area contributed by atoms with Crippen LogP contribution in [0.5, 0.6) is 5.75 Å². The molecule has 6 nitrogen and oxygen atoms in total. The largest absolute Gasteiger partial charge is 0.481 e. The normalized spacial score (nSPS) is 17.6. The van der Waals surface area contributed by atoms with Crippen LogP contribution in [0.15, 0.2) is 29.2 Å². The predicted molar refractivity (Wildman–Crippen MR) is 96.7 cm³/mol. The minimum atomic E-state index is -4.01. The highest BCUT2D eigenvalue weighted by Crippen LogP contribution is 2.32. The van der Waals surface area contributed by atoms with Gasteiger partial charge in [-0.05, 0) is 55.9 Å². The summed E-state index contributed by atoms with van der Waals surface area (Å²) in [6.07, 6.45) is 1.34. The lowest BCUT2D eigenvalue weighted by molar-refractivity contribution is -0.138. The average molecular weight is 380 g/mol. The second kappa shape index (κ2) is 9.06. The van der Waals surface area contributed by atoms with Gasteiger partial charge in [-0.15, -0.1) is 5.92 Å². The molecule has 26 heavy (non-hydrogen) atoms. The number of benzene rings is 1. The molecule has 1 saturated heterocycles. The average Bonchev–Trinajstić information content (AvgIpc) is 2.62. The summed E-state index contributed by atoms with van der Waals surface area (Å²) in [4.78, 5) is 11.8. The van der Waals surface area contributed by atoms with Crippen LogP contribution < -0.4 is 4.74 Å². The Hall–Kier alpha value is -2.04. The van der Waals surface area contributed by atoms with Crippen molar-refractivity contribution in [3.8, 4) is 17.6 Å². The molecule has 0 aliphatic carbocycles. The minimum absolute atomic E-state index is 0.00912. The van der Waals surface area contributed by atoms with Crippen molar-refractivity contribution in [1.82, 2.24) is 0 Å². The van der Waals surface area contributed by atoms with E-state index in [2.05, 4.69) is 11.8 Å². The van der Waals surface area contributed by atoms with Crippen molar-refractivity contribution < 1.29 is 27.8 Å². The maximum atomic E-state index is 13.0. The quantitative estimate of drug-likeness (QED) is 0.731. The Bertz CT molecular complexity index is 766. The van der Waals surface area contributed by atoms with Gasteiger partial charge in [0.15, 0.2) is 15.1 Å². The SMILES string of the molecule is CC#CCOc1ccc(S(=O)(=O)C(C(=O)O)C(C)C2CCOCC2)cc1. The van der Waals surface area contributed by atoms with Gasteiger partial charge in [0, 0.05) is 13.2 Å². The van der Waals surface area contributed by atoms with E-state index in [1.165, 1.54) is 24.3 Å². The van der Waals surface area contributed by atoms with Gasteiger partial charge in [-0.2, -0.15) is 0 Å². The maximum Gasteiger partial charge on any atom is 0.322 e. The van der Waals surface area contributed by atoms with Crippen molar-refractivity contribution in [3.05, 3.63) is 24.3 Å². The lowest BCUT2D eigenvalue weighted by Gasteiger charge is -2.31. The number of carbonyl (C=O) groups is 1. The Balaban J connectivity index is 2.23. The third-order valence-electron chi connectivity index (χ3n) is 4.70. The zero-order valence-corrected chi connectivity index (χ0v) is 15.8. The van der Waals surface area contributed by atoms with E-state index in [4.69, 9.17) is 9.47 Å². The zero-order chi connectivity index (χ0) is 19.2. The fraction of sp³-hybridized carbons (Fsp3) is 0.526. The fourth-order valence-corrected chi connectivity index (χ4v) is 5.05. The van der Waals surface area contributed by atoms with Crippen LogP contribution >= 0.6 is 0 Å². The molecule has 0 saturated carbocycles. The summed E-state index contributed by atoms with van der Waals surface area (Å²) in [5.74, 6) is 4.12. The van der Waals surface area contributed by atoms with Gasteiger partial charge in [-0.3, -0.25) is 4.79 Å². The number of ether oxygens (including phenoxy) is 2. The van der Waals surface area contributed by atoms with E-state index in [9.17, 15) is 18.3 Å². The molecule has 0 radical (unpaired) electrons. The van der Waals surface area contributed by atoms with E-state index in [0.717, 1.165) is 0 Å². The standard InChI is InChI=1S/C19H24O6S/c1-3-4-11-25-16-5-7-17(8-6-16)26(22,23)18(19(20)21)14(2)15-9-12-24-13-10-15/h5-8,14-15,18H,9-13H2,1-2H3,(H,20,21). The second-order valence-corrected chi connectivity index (χ2v) is 8.37. The third kappa shape index (κ3) is 4.77. The lowest BCUT2D eigenvalue weighted by atomic mass is 9.85. The number of carboxylic acid groups (broad SMARTS) is 1. The van der Waals surface area contributed by atoms with E-state index >= 15 is 0 Å². The van der Waals surface area contributed by atoms with Gasteiger partial charge < -0.3 is 14.6 Å². The first-order chi connectivity index (χ1) is 12.4. The highest BCUT2D eigenvalue weighted by Gasteiger charge is 2.42.